The highest BCUT2D eigenvalue weighted by Crippen LogP contribution is 2.32. The molecule has 0 atom stereocenters. The maximum Gasteiger partial charge on any atom is 0.185 e. The molecule has 0 radical (unpaired) electrons. The van der Waals surface area contributed by atoms with Crippen LogP contribution in [0.25, 0.3) is 12.2 Å². The van der Waals surface area contributed by atoms with Crippen LogP contribution in [0.3, 0.4) is 0 Å². The van der Waals surface area contributed by atoms with Gasteiger partial charge in [-0.3, -0.25) is 4.79 Å². The Hall–Kier alpha value is -3.51. The average molecular weight is 435 g/mol. The minimum absolute atomic E-state index is 0.00972. The molecular formula is C26H30N2O4. The number of hydrogen-bond acceptors (Lipinski definition) is 6. The molecule has 6 nitrogen and oxygen atoms in total. The van der Waals surface area contributed by atoms with Crippen molar-refractivity contribution in [1.82, 2.24) is 5.32 Å². The lowest BCUT2D eigenvalue weighted by atomic mass is 9.89. The van der Waals surface area contributed by atoms with Crippen molar-refractivity contribution in [3.8, 4) is 11.5 Å². The van der Waals surface area contributed by atoms with Crippen molar-refractivity contribution in [2.75, 3.05) is 26.0 Å². The summed E-state index contributed by atoms with van der Waals surface area (Å²) in [7, 11) is 5.50. The van der Waals surface area contributed by atoms with Crippen LogP contribution >= 0.6 is 0 Å². The second-order valence-electron chi connectivity index (χ2n) is 8.11. The molecule has 0 bridgehead atoms. The molecule has 0 spiro atoms. The highest BCUT2D eigenvalue weighted by molar-refractivity contribution is 6.07. The highest BCUT2D eigenvalue weighted by atomic mass is 16.3. The van der Waals surface area contributed by atoms with Gasteiger partial charge in [-0.2, -0.15) is 0 Å². The van der Waals surface area contributed by atoms with Crippen molar-refractivity contribution < 1.29 is 20.1 Å². The van der Waals surface area contributed by atoms with Crippen molar-refractivity contribution in [3.63, 3.8) is 0 Å². The number of carbonyl (C=O) groups excluding carboxylic acids is 1. The molecule has 1 aliphatic carbocycles. The van der Waals surface area contributed by atoms with Crippen LogP contribution in [0.5, 0.6) is 11.5 Å². The quantitative estimate of drug-likeness (QED) is 0.478. The van der Waals surface area contributed by atoms with E-state index in [0.29, 0.717) is 41.8 Å². The molecule has 2 aromatic carbocycles. The Morgan fingerprint density at radius 2 is 1.75 bits per heavy atom. The number of aromatic hydroxyl groups is 2. The van der Waals surface area contributed by atoms with Gasteiger partial charge < -0.3 is 25.5 Å². The second-order valence-corrected chi connectivity index (χ2v) is 8.11. The molecule has 0 amide bonds. The van der Waals surface area contributed by atoms with Crippen LogP contribution in [0.1, 0.15) is 36.0 Å². The molecule has 6 heteroatoms. The third-order valence-corrected chi connectivity index (χ3v) is 5.49. The van der Waals surface area contributed by atoms with Gasteiger partial charge in [0, 0.05) is 31.8 Å². The van der Waals surface area contributed by atoms with E-state index in [2.05, 4.69) is 5.32 Å². The van der Waals surface area contributed by atoms with Gasteiger partial charge in [0.1, 0.15) is 17.3 Å². The third-order valence-electron chi connectivity index (χ3n) is 5.49. The number of ketones is 1. The summed E-state index contributed by atoms with van der Waals surface area (Å²) >= 11 is 0. The van der Waals surface area contributed by atoms with Gasteiger partial charge in [0.05, 0.1) is 5.69 Å². The smallest absolute Gasteiger partial charge is 0.185 e. The highest BCUT2D eigenvalue weighted by Gasteiger charge is 2.21. The molecule has 4 N–H and O–H groups in total. The molecule has 3 rings (SSSR count). The lowest BCUT2D eigenvalue weighted by Gasteiger charge is -2.18. The van der Waals surface area contributed by atoms with Crippen LogP contribution in [-0.2, 0) is 11.3 Å². The zero-order valence-electron chi connectivity index (χ0n) is 18.7. The fraction of sp³-hybridized carbons (Fsp3) is 0.269. The number of carbonyl (C=O) groups is 1. The molecule has 0 aromatic heterocycles. The molecule has 168 valence electrons. The van der Waals surface area contributed by atoms with Crippen molar-refractivity contribution in [1.29, 1.82) is 0 Å². The van der Waals surface area contributed by atoms with Crippen molar-refractivity contribution in [3.05, 3.63) is 76.1 Å². The Kier molecular flexibility index (Phi) is 7.38. The normalized spacial score (nSPS) is 15.5. The summed E-state index contributed by atoms with van der Waals surface area (Å²) in [6.07, 6.45) is 6.79. The molecule has 0 saturated carbocycles. The van der Waals surface area contributed by atoms with Gasteiger partial charge in [0.2, 0.25) is 0 Å². The number of phenolic OH excluding ortho intramolecular Hbond substituents is 2. The van der Waals surface area contributed by atoms with E-state index >= 15 is 0 Å². The summed E-state index contributed by atoms with van der Waals surface area (Å²) in [4.78, 5) is 14.6. The number of hydrogen-bond donors (Lipinski definition) is 4. The number of nitrogens with one attached hydrogen (secondary N) is 1. The minimum Gasteiger partial charge on any atom is -0.508 e. The first-order valence-corrected chi connectivity index (χ1v) is 10.6. The Balaban J connectivity index is 1.81. The number of phenols is 2. The summed E-state index contributed by atoms with van der Waals surface area (Å²) in [6.45, 7) is 0.564. The van der Waals surface area contributed by atoms with Crippen LogP contribution < -0.4 is 10.2 Å². The van der Waals surface area contributed by atoms with Crippen molar-refractivity contribution in [2.24, 2.45) is 0 Å². The fourth-order valence-electron chi connectivity index (χ4n) is 3.77. The largest absolute Gasteiger partial charge is 0.508 e. The van der Waals surface area contributed by atoms with Gasteiger partial charge in [-0.25, -0.2) is 0 Å². The Morgan fingerprint density at radius 3 is 2.41 bits per heavy atom. The molecule has 0 heterocycles. The van der Waals surface area contributed by atoms with E-state index in [4.69, 9.17) is 0 Å². The standard InChI is InChI=1S/C26H30N2O4/c1-27-16-20-10-7-18(15-24(20)30)13-19-5-4-6-21(26(19)32)23(29)12-9-17-8-11-22(28(2)3)25(31)14-17/h7-15,27,30-32H,4-6,16H2,1-3H3/b12-9+,19-13+. The summed E-state index contributed by atoms with van der Waals surface area (Å²) in [5.41, 5.74) is 4.02. The zero-order valence-corrected chi connectivity index (χ0v) is 18.7. The molecular weight excluding hydrogens is 404 g/mol. The number of aliphatic hydroxyl groups excluding tert-OH is 1. The van der Waals surface area contributed by atoms with Crippen LogP contribution in [0, 0.1) is 0 Å². The first-order valence-electron chi connectivity index (χ1n) is 10.6. The van der Waals surface area contributed by atoms with Gasteiger partial charge >= 0.3 is 0 Å². The fourth-order valence-corrected chi connectivity index (χ4v) is 3.77. The van der Waals surface area contributed by atoms with E-state index in [9.17, 15) is 20.1 Å². The lowest BCUT2D eigenvalue weighted by Crippen LogP contribution is -2.10. The number of anilines is 1. The van der Waals surface area contributed by atoms with E-state index in [1.165, 1.54) is 6.08 Å². The topological polar surface area (TPSA) is 93.0 Å². The number of rotatable bonds is 7. The number of benzene rings is 2. The minimum atomic E-state index is -0.253. The van der Waals surface area contributed by atoms with E-state index in [1.54, 1.807) is 29.2 Å². The molecule has 2 aromatic rings. The molecule has 0 saturated heterocycles. The Bertz CT molecular complexity index is 1100. The predicted molar refractivity (Wildman–Crippen MR) is 129 cm³/mol. The summed E-state index contributed by atoms with van der Waals surface area (Å²) in [5, 5.41) is 34.0. The van der Waals surface area contributed by atoms with Crippen LogP contribution in [0.15, 0.2) is 59.4 Å². The van der Waals surface area contributed by atoms with Gasteiger partial charge in [0.15, 0.2) is 5.78 Å². The maximum atomic E-state index is 12.8. The third kappa shape index (κ3) is 5.39. The first-order chi connectivity index (χ1) is 15.3. The zero-order chi connectivity index (χ0) is 23.3. The van der Waals surface area contributed by atoms with Crippen molar-refractivity contribution in [2.45, 2.75) is 25.8 Å². The Labute approximate surface area is 188 Å². The maximum absolute atomic E-state index is 12.8. The average Bonchev–Trinajstić information content (AvgIpc) is 2.75. The summed E-state index contributed by atoms with van der Waals surface area (Å²) < 4.78 is 0. The van der Waals surface area contributed by atoms with E-state index < -0.39 is 0 Å². The van der Waals surface area contributed by atoms with E-state index in [0.717, 1.165) is 17.5 Å². The van der Waals surface area contributed by atoms with Crippen LogP contribution in [0.2, 0.25) is 0 Å². The van der Waals surface area contributed by atoms with Gasteiger partial charge in [-0.05, 0) is 73.4 Å². The second kappa shape index (κ2) is 10.2. The molecule has 0 unspecified atom stereocenters. The summed E-state index contributed by atoms with van der Waals surface area (Å²) in [5.74, 6) is 0.0845. The van der Waals surface area contributed by atoms with Crippen molar-refractivity contribution >= 4 is 23.6 Å². The number of aliphatic hydroxyl groups is 1. The van der Waals surface area contributed by atoms with Gasteiger partial charge in [-0.1, -0.05) is 24.3 Å². The van der Waals surface area contributed by atoms with Gasteiger partial charge in [0.25, 0.3) is 0 Å². The van der Waals surface area contributed by atoms with Crippen LogP contribution in [-0.4, -0.2) is 42.2 Å². The molecule has 0 fully saturated rings. The monoisotopic (exact) mass is 434 g/mol. The van der Waals surface area contributed by atoms with Gasteiger partial charge in [-0.15, -0.1) is 0 Å². The lowest BCUT2D eigenvalue weighted by molar-refractivity contribution is -0.111. The van der Waals surface area contributed by atoms with E-state index in [1.807, 2.05) is 45.4 Å². The van der Waals surface area contributed by atoms with Crippen LogP contribution in [0.4, 0.5) is 5.69 Å². The molecule has 0 aliphatic heterocycles. The molecule has 1 aliphatic rings. The van der Waals surface area contributed by atoms with E-state index in [-0.39, 0.29) is 23.0 Å². The first kappa shape index (κ1) is 23.2. The molecule has 32 heavy (non-hydrogen) atoms. The predicted octanol–water partition coefficient (Wildman–Crippen LogP) is 4.55. The Morgan fingerprint density at radius 1 is 1.03 bits per heavy atom. The summed E-state index contributed by atoms with van der Waals surface area (Å²) in [6, 6.07) is 10.6. The number of allylic oxidation sites excluding steroid dienone is 3. The number of nitrogens with zero attached hydrogens (tertiary/aromatic N) is 1. The SMILES string of the molecule is CNCc1ccc(/C=C2\CCCC(C(=O)/C=C/c3ccc(N(C)C)c(O)c3)=C2O)cc1O.